The maximum absolute atomic E-state index is 5.63. The molecule has 1 aromatic carbocycles. The van der Waals surface area contributed by atoms with Gasteiger partial charge >= 0.3 is 0 Å². The van der Waals surface area contributed by atoms with Gasteiger partial charge in [0.05, 0.1) is 13.2 Å². The maximum atomic E-state index is 5.63. The normalized spacial score (nSPS) is 10.8. The molecule has 0 atom stereocenters. The SMILES string of the molecule is CCCOc1cccc(CNC(=NC)NCCOCC)c1.I. The molecule has 0 radical (unpaired) electrons. The molecule has 0 heterocycles. The fraction of sp³-hybridized carbons (Fsp3) is 0.562. The molecular weight excluding hydrogens is 393 g/mol. The van der Waals surface area contributed by atoms with Gasteiger partial charge in [-0.1, -0.05) is 19.1 Å². The first-order valence-corrected chi connectivity index (χ1v) is 7.54. The minimum atomic E-state index is 0. The summed E-state index contributed by atoms with van der Waals surface area (Å²) in [5.74, 6) is 1.69. The van der Waals surface area contributed by atoms with Gasteiger partial charge in [0.25, 0.3) is 0 Å². The van der Waals surface area contributed by atoms with Gasteiger partial charge in [-0.15, -0.1) is 24.0 Å². The molecule has 0 saturated heterocycles. The molecule has 22 heavy (non-hydrogen) atoms. The number of aliphatic imine (C=N–C) groups is 1. The highest BCUT2D eigenvalue weighted by Crippen LogP contribution is 2.13. The van der Waals surface area contributed by atoms with Crippen molar-refractivity contribution in [3.05, 3.63) is 29.8 Å². The zero-order valence-corrected chi connectivity index (χ0v) is 16.1. The van der Waals surface area contributed by atoms with Crippen LogP contribution in [0.25, 0.3) is 0 Å². The standard InChI is InChI=1S/C16H27N3O2.HI/c1-4-10-21-15-8-6-7-14(12-15)13-19-16(17-3)18-9-11-20-5-2;/h6-8,12H,4-5,9-11,13H2,1-3H3,(H2,17,18,19);1H. The highest BCUT2D eigenvalue weighted by molar-refractivity contribution is 14.0. The summed E-state index contributed by atoms with van der Waals surface area (Å²) in [6.07, 6.45) is 1.01. The average Bonchev–Trinajstić information content (AvgIpc) is 2.52. The van der Waals surface area contributed by atoms with Gasteiger partial charge in [0.1, 0.15) is 5.75 Å². The van der Waals surface area contributed by atoms with Crippen molar-refractivity contribution < 1.29 is 9.47 Å². The monoisotopic (exact) mass is 421 g/mol. The van der Waals surface area contributed by atoms with Gasteiger partial charge in [-0.3, -0.25) is 4.99 Å². The zero-order valence-electron chi connectivity index (χ0n) is 13.7. The number of hydrogen-bond donors (Lipinski definition) is 2. The van der Waals surface area contributed by atoms with Crippen molar-refractivity contribution in [1.82, 2.24) is 10.6 Å². The third-order valence-corrected chi connectivity index (χ3v) is 2.80. The van der Waals surface area contributed by atoms with Crippen molar-refractivity contribution in [2.24, 2.45) is 4.99 Å². The molecule has 0 fully saturated rings. The van der Waals surface area contributed by atoms with Crippen molar-refractivity contribution in [3.63, 3.8) is 0 Å². The number of nitrogens with one attached hydrogen (secondary N) is 2. The molecule has 1 rings (SSSR count). The highest BCUT2D eigenvalue weighted by atomic mass is 127. The van der Waals surface area contributed by atoms with Crippen LogP contribution in [0.5, 0.6) is 5.75 Å². The lowest BCUT2D eigenvalue weighted by molar-refractivity contribution is 0.152. The minimum Gasteiger partial charge on any atom is -0.494 e. The third kappa shape index (κ3) is 9.09. The summed E-state index contributed by atoms with van der Waals surface area (Å²) in [5, 5.41) is 6.48. The van der Waals surface area contributed by atoms with Crippen LogP contribution >= 0.6 is 24.0 Å². The van der Waals surface area contributed by atoms with Crippen LogP contribution in [0.3, 0.4) is 0 Å². The van der Waals surface area contributed by atoms with Gasteiger partial charge < -0.3 is 20.1 Å². The van der Waals surface area contributed by atoms with E-state index in [-0.39, 0.29) is 24.0 Å². The Labute approximate surface area is 150 Å². The lowest BCUT2D eigenvalue weighted by Gasteiger charge is -2.12. The minimum absolute atomic E-state index is 0. The van der Waals surface area contributed by atoms with Gasteiger partial charge in [0, 0.05) is 26.7 Å². The Hall–Kier alpha value is -1.02. The van der Waals surface area contributed by atoms with Crippen molar-refractivity contribution >= 4 is 29.9 Å². The average molecular weight is 421 g/mol. The Morgan fingerprint density at radius 3 is 2.68 bits per heavy atom. The Kier molecular flexibility index (Phi) is 13.0. The molecule has 0 bridgehead atoms. The smallest absolute Gasteiger partial charge is 0.191 e. The number of benzene rings is 1. The van der Waals surface area contributed by atoms with Gasteiger partial charge in [0.2, 0.25) is 0 Å². The van der Waals surface area contributed by atoms with Crippen molar-refractivity contribution in [2.45, 2.75) is 26.8 Å². The number of hydrogen-bond acceptors (Lipinski definition) is 3. The number of nitrogens with zero attached hydrogens (tertiary/aromatic N) is 1. The molecule has 0 spiro atoms. The van der Waals surface area contributed by atoms with Crippen molar-refractivity contribution in [2.75, 3.05) is 33.4 Å². The fourth-order valence-electron chi connectivity index (χ4n) is 1.76. The first-order valence-electron chi connectivity index (χ1n) is 7.54. The summed E-state index contributed by atoms with van der Waals surface area (Å²) in [5.41, 5.74) is 1.16. The predicted octanol–water partition coefficient (Wildman–Crippen LogP) is 2.79. The van der Waals surface area contributed by atoms with Crippen LogP contribution in [0.15, 0.2) is 29.3 Å². The molecule has 0 amide bonds. The molecule has 5 nitrogen and oxygen atoms in total. The van der Waals surface area contributed by atoms with E-state index in [2.05, 4.69) is 34.7 Å². The molecule has 0 aliphatic carbocycles. The molecule has 0 aromatic heterocycles. The lowest BCUT2D eigenvalue weighted by atomic mass is 10.2. The summed E-state index contributed by atoms with van der Waals surface area (Å²) in [6.45, 7) is 7.70. The van der Waals surface area contributed by atoms with Crippen LogP contribution in [0, 0.1) is 0 Å². The summed E-state index contributed by atoms with van der Waals surface area (Å²) < 4.78 is 10.9. The second-order valence-corrected chi connectivity index (χ2v) is 4.55. The second-order valence-electron chi connectivity index (χ2n) is 4.55. The lowest BCUT2D eigenvalue weighted by Crippen LogP contribution is -2.38. The molecule has 0 aliphatic rings. The fourth-order valence-corrected chi connectivity index (χ4v) is 1.76. The van der Waals surface area contributed by atoms with Gasteiger partial charge in [0.15, 0.2) is 5.96 Å². The molecule has 0 saturated carbocycles. The van der Waals surface area contributed by atoms with Crippen molar-refractivity contribution in [3.8, 4) is 5.75 Å². The second kappa shape index (κ2) is 13.6. The summed E-state index contributed by atoms with van der Waals surface area (Å²) in [4.78, 5) is 4.18. The molecule has 2 N–H and O–H groups in total. The first-order chi connectivity index (χ1) is 10.3. The maximum Gasteiger partial charge on any atom is 0.191 e. The molecule has 0 unspecified atom stereocenters. The number of rotatable bonds is 9. The predicted molar refractivity (Wildman–Crippen MR) is 102 cm³/mol. The Bertz CT molecular complexity index is 428. The Morgan fingerprint density at radius 2 is 2.00 bits per heavy atom. The topological polar surface area (TPSA) is 54.9 Å². The van der Waals surface area contributed by atoms with Gasteiger partial charge in [-0.25, -0.2) is 0 Å². The van der Waals surface area contributed by atoms with Crippen LogP contribution in [-0.4, -0.2) is 39.4 Å². The van der Waals surface area contributed by atoms with E-state index in [1.165, 1.54) is 0 Å². The summed E-state index contributed by atoms with van der Waals surface area (Å²) in [7, 11) is 1.76. The van der Waals surface area contributed by atoms with Crippen LogP contribution in [0.4, 0.5) is 0 Å². The molecule has 6 heteroatoms. The number of guanidine groups is 1. The van der Waals surface area contributed by atoms with Gasteiger partial charge in [-0.05, 0) is 31.0 Å². The van der Waals surface area contributed by atoms with Crippen LogP contribution in [-0.2, 0) is 11.3 Å². The van der Waals surface area contributed by atoms with E-state index in [1.54, 1.807) is 7.05 Å². The van der Waals surface area contributed by atoms with E-state index >= 15 is 0 Å². The Morgan fingerprint density at radius 1 is 1.18 bits per heavy atom. The number of halogens is 1. The first kappa shape index (κ1) is 21.0. The van der Waals surface area contributed by atoms with E-state index in [0.29, 0.717) is 13.2 Å². The van der Waals surface area contributed by atoms with Crippen LogP contribution < -0.4 is 15.4 Å². The van der Waals surface area contributed by atoms with Crippen LogP contribution in [0.1, 0.15) is 25.8 Å². The largest absolute Gasteiger partial charge is 0.494 e. The molecular formula is C16H28IN3O2. The Balaban J connectivity index is 0.00000441. The van der Waals surface area contributed by atoms with Crippen LogP contribution in [0.2, 0.25) is 0 Å². The van der Waals surface area contributed by atoms with E-state index in [9.17, 15) is 0 Å². The zero-order chi connectivity index (χ0) is 15.3. The molecule has 126 valence electrons. The summed E-state index contributed by atoms with van der Waals surface area (Å²) >= 11 is 0. The highest BCUT2D eigenvalue weighted by Gasteiger charge is 2.00. The van der Waals surface area contributed by atoms with E-state index < -0.39 is 0 Å². The molecule has 1 aromatic rings. The third-order valence-electron chi connectivity index (χ3n) is 2.80. The van der Waals surface area contributed by atoms with Gasteiger partial charge in [-0.2, -0.15) is 0 Å². The summed E-state index contributed by atoms with van der Waals surface area (Å²) in [6, 6.07) is 8.11. The van der Waals surface area contributed by atoms with E-state index in [4.69, 9.17) is 9.47 Å². The quantitative estimate of drug-likeness (QED) is 0.279. The van der Waals surface area contributed by atoms with E-state index in [0.717, 1.165) is 43.5 Å². The molecule has 0 aliphatic heterocycles. The number of ether oxygens (including phenoxy) is 2. The van der Waals surface area contributed by atoms with E-state index in [1.807, 2.05) is 19.1 Å². The van der Waals surface area contributed by atoms with Crippen molar-refractivity contribution in [1.29, 1.82) is 0 Å².